The van der Waals surface area contributed by atoms with E-state index in [-0.39, 0.29) is 11.8 Å². The number of amides is 1. The Hall–Kier alpha value is -2.15. The Morgan fingerprint density at radius 2 is 2.30 bits per heavy atom. The van der Waals surface area contributed by atoms with E-state index in [0.717, 1.165) is 25.9 Å². The van der Waals surface area contributed by atoms with Gasteiger partial charge in [-0.3, -0.25) is 14.7 Å². The quantitative estimate of drug-likeness (QED) is 0.605. The SMILES string of the molecule is COCCCNN(C)C(=O)[C@@H]1C=C2c3cccc4[nH]cc(c34)C[C@H]2N(C)C1. The molecule has 1 aromatic carbocycles. The number of aromatic nitrogens is 1. The molecule has 1 aliphatic heterocycles. The third kappa shape index (κ3) is 3.29. The lowest BCUT2D eigenvalue weighted by Crippen LogP contribution is -2.50. The molecule has 2 heterocycles. The number of H-pyrrole nitrogens is 1. The fraction of sp³-hybridized carbons (Fsp3) is 0.476. The summed E-state index contributed by atoms with van der Waals surface area (Å²) in [5.74, 6) is -0.0332. The minimum absolute atomic E-state index is 0.109. The molecule has 1 amide bonds. The van der Waals surface area contributed by atoms with Gasteiger partial charge in [-0.1, -0.05) is 18.2 Å². The number of hydrogen-bond donors (Lipinski definition) is 2. The van der Waals surface area contributed by atoms with Crippen LogP contribution in [0.15, 0.2) is 30.5 Å². The second-order valence-corrected chi connectivity index (χ2v) is 7.58. The van der Waals surface area contributed by atoms with E-state index in [4.69, 9.17) is 4.74 Å². The second kappa shape index (κ2) is 7.46. The van der Waals surface area contributed by atoms with Gasteiger partial charge >= 0.3 is 0 Å². The van der Waals surface area contributed by atoms with Crippen LogP contribution < -0.4 is 5.43 Å². The minimum Gasteiger partial charge on any atom is -0.385 e. The van der Waals surface area contributed by atoms with Crippen molar-refractivity contribution in [3.63, 3.8) is 0 Å². The summed E-state index contributed by atoms with van der Waals surface area (Å²) in [6.45, 7) is 2.16. The topological polar surface area (TPSA) is 60.6 Å². The van der Waals surface area contributed by atoms with Gasteiger partial charge in [-0.05, 0) is 42.7 Å². The molecule has 0 saturated carbocycles. The molecule has 2 aliphatic rings. The summed E-state index contributed by atoms with van der Waals surface area (Å²) in [7, 11) is 5.63. The largest absolute Gasteiger partial charge is 0.385 e. The summed E-state index contributed by atoms with van der Waals surface area (Å²) in [6.07, 6.45) is 6.20. The molecular formula is C21H28N4O2. The van der Waals surface area contributed by atoms with Crippen LogP contribution in [0.5, 0.6) is 0 Å². The van der Waals surface area contributed by atoms with E-state index in [0.29, 0.717) is 12.6 Å². The van der Waals surface area contributed by atoms with Gasteiger partial charge in [0, 0.05) is 57.0 Å². The van der Waals surface area contributed by atoms with Crippen molar-refractivity contribution >= 4 is 22.4 Å². The van der Waals surface area contributed by atoms with Crippen molar-refractivity contribution in [2.24, 2.45) is 5.92 Å². The van der Waals surface area contributed by atoms with Gasteiger partial charge in [0.25, 0.3) is 0 Å². The highest BCUT2D eigenvalue weighted by atomic mass is 16.5. The number of fused-ring (bicyclic) bond motifs is 2. The maximum atomic E-state index is 13.0. The van der Waals surface area contributed by atoms with Crippen molar-refractivity contribution < 1.29 is 9.53 Å². The van der Waals surface area contributed by atoms with Gasteiger partial charge in [-0.15, -0.1) is 0 Å². The number of carbonyl (C=O) groups excluding carboxylic acids is 1. The fourth-order valence-corrected chi connectivity index (χ4v) is 4.40. The number of hydrogen-bond acceptors (Lipinski definition) is 4. The van der Waals surface area contributed by atoms with Crippen molar-refractivity contribution in [1.82, 2.24) is 20.3 Å². The van der Waals surface area contributed by atoms with Gasteiger partial charge in [0.15, 0.2) is 0 Å². The molecule has 2 atom stereocenters. The lowest BCUT2D eigenvalue weighted by Gasteiger charge is -2.40. The van der Waals surface area contributed by atoms with Crippen molar-refractivity contribution in [3.05, 3.63) is 41.6 Å². The van der Waals surface area contributed by atoms with Crippen molar-refractivity contribution in [2.45, 2.75) is 18.9 Å². The van der Waals surface area contributed by atoms with Crippen LogP contribution in [0, 0.1) is 5.92 Å². The van der Waals surface area contributed by atoms with E-state index < -0.39 is 0 Å². The van der Waals surface area contributed by atoms with Crippen LogP contribution >= 0.6 is 0 Å². The molecule has 0 spiro atoms. The number of nitrogens with one attached hydrogen (secondary N) is 2. The number of ether oxygens (including phenoxy) is 1. The van der Waals surface area contributed by atoms with E-state index in [9.17, 15) is 4.79 Å². The molecule has 0 bridgehead atoms. The molecule has 6 heteroatoms. The number of likely N-dealkylation sites (N-methyl/N-ethyl adjacent to an activating group) is 1. The maximum absolute atomic E-state index is 13.0. The number of nitrogens with zero attached hydrogens (tertiary/aromatic N) is 2. The van der Waals surface area contributed by atoms with Gasteiger partial charge in [-0.2, -0.15) is 0 Å². The number of carbonyl (C=O) groups is 1. The molecule has 1 aromatic heterocycles. The van der Waals surface area contributed by atoms with E-state index in [2.05, 4.69) is 52.8 Å². The first-order chi connectivity index (χ1) is 13.1. The smallest absolute Gasteiger partial charge is 0.244 e. The zero-order valence-electron chi connectivity index (χ0n) is 16.3. The monoisotopic (exact) mass is 368 g/mol. The molecule has 27 heavy (non-hydrogen) atoms. The highest BCUT2D eigenvalue weighted by Gasteiger charge is 2.36. The van der Waals surface area contributed by atoms with Gasteiger partial charge in [0.05, 0.1) is 5.92 Å². The third-order valence-electron chi connectivity index (χ3n) is 5.79. The summed E-state index contributed by atoms with van der Waals surface area (Å²) in [6, 6.07) is 6.74. The number of methoxy groups -OCH3 is 1. The van der Waals surface area contributed by atoms with Gasteiger partial charge in [-0.25, -0.2) is 5.43 Å². The number of rotatable bonds is 6. The Kier molecular flexibility index (Phi) is 5.04. The average Bonchev–Trinajstić information content (AvgIpc) is 3.09. The Morgan fingerprint density at radius 3 is 3.11 bits per heavy atom. The van der Waals surface area contributed by atoms with Gasteiger partial charge in [0.1, 0.15) is 0 Å². The minimum atomic E-state index is -0.142. The number of benzene rings is 1. The lowest BCUT2D eigenvalue weighted by atomic mass is 9.80. The van der Waals surface area contributed by atoms with E-state index in [1.165, 1.54) is 27.6 Å². The van der Waals surface area contributed by atoms with E-state index in [1.807, 2.05) is 7.05 Å². The lowest BCUT2D eigenvalue weighted by molar-refractivity contribution is -0.136. The van der Waals surface area contributed by atoms with Gasteiger partial charge < -0.3 is 9.72 Å². The van der Waals surface area contributed by atoms with Crippen LogP contribution in [0.1, 0.15) is 17.5 Å². The highest BCUT2D eigenvalue weighted by molar-refractivity contribution is 5.99. The van der Waals surface area contributed by atoms with Crippen LogP contribution in [-0.4, -0.2) is 67.7 Å². The second-order valence-electron chi connectivity index (χ2n) is 7.58. The zero-order chi connectivity index (χ0) is 19.0. The summed E-state index contributed by atoms with van der Waals surface area (Å²) < 4.78 is 5.06. The molecule has 2 N–H and O–H groups in total. The molecule has 0 saturated heterocycles. The van der Waals surface area contributed by atoms with Crippen LogP contribution in [-0.2, 0) is 16.0 Å². The van der Waals surface area contributed by atoms with Crippen LogP contribution in [0.4, 0.5) is 0 Å². The van der Waals surface area contributed by atoms with E-state index >= 15 is 0 Å². The fourth-order valence-electron chi connectivity index (χ4n) is 4.40. The molecule has 0 radical (unpaired) electrons. The van der Waals surface area contributed by atoms with Crippen molar-refractivity contribution in [2.75, 3.05) is 40.9 Å². The average molecular weight is 368 g/mol. The first-order valence-corrected chi connectivity index (χ1v) is 9.61. The Morgan fingerprint density at radius 1 is 1.44 bits per heavy atom. The molecular weight excluding hydrogens is 340 g/mol. The Balaban J connectivity index is 1.59. The molecule has 1 aliphatic carbocycles. The predicted octanol–water partition coefficient (Wildman–Crippen LogP) is 2.04. The maximum Gasteiger partial charge on any atom is 0.244 e. The Bertz CT molecular complexity index is 872. The molecule has 4 rings (SSSR count). The third-order valence-corrected chi connectivity index (χ3v) is 5.79. The highest BCUT2D eigenvalue weighted by Crippen LogP contribution is 2.40. The van der Waals surface area contributed by atoms with Gasteiger partial charge in [0.2, 0.25) is 5.91 Å². The summed E-state index contributed by atoms with van der Waals surface area (Å²) in [5, 5.41) is 2.95. The normalized spacial score (nSPS) is 21.8. The standard InChI is InChI=1S/C21H28N4O2/c1-24-13-15(21(26)25(2)23-8-5-9-27-3)10-17-16-6-4-7-18-20(16)14(12-22-18)11-19(17)24/h4,6-7,10,12,15,19,22-23H,5,8-9,11,13H2,1-3H3/t15-,19-/m1/s1. The molecule has 144 valence electrons. The number of hydrazine groups is 1. The molecule has 0 fully saturated rings. The zero-order valence-corrected chi connectivity index (χ0v) is 16.3. The summed E-state index contributed by atoms with van der Waals surface area (Å²) in [5.41, 5.74) is 8.28. The van der Waals surface area contributed by atoms with Crippen molar-refractivity contribution in [1.29, 1.82) is 0 Å². The summed E-state index contributed by atoms with van der Waals surface area (Å²) >= 11 is 0. The molecule has 6 nitrogen and oxygen atoms in total. The Labute approximate surface area is 160 Å². The first-order valence-electron chi connectivity index (χ1n) is 9.61. The van der Waals surface area contributed by atoms with E-state index in [1.54, 1.807) is 12.1 Å². The number of aromatic amines is 1. The first kappa shape index (κ1) is 18.2. The summed E-state index contributed by atoms with van der Waals surface area (Å²) in [4.78, 5) is 18.7. The van der Waals surface area contributed by atoms with Crippen LogP contribution in [0.25, 0.3) is 16.5 Å². The molecule has 0 unspecified atom stereocenters. The molecule has 2 aromatic rings. The predicted molar refractivity (Wildman–Crippen MR) is 107 cm³/mol. The van der Waals surface area contributed by atoms with Crippen LogP contribution in [0.3, 0.4) is 0 Å². The van der Waals surface area contributed by atoms with Crippen LogP contribution in [0.2, 0.25) is 0 Å². The van der Waals surface area contributed by atoms with Crippen molar-refractivity contribution in [3.8, 4) is 0 Å².